The van der Waals surface area contributed by atoms with Crippen LogP contribution in [0.15, 0.2) is 48.5 Å². The van der Waals surface area contributed by atoms with E-state index in [2.05, 4.69) is 16.0 Å². The number of methoxy groups -OCH3 is 1. The number of carbonyl (C=O) groups is 3. The van der Waals surface area contributed by atoms with Gasteiger partial charge in [-0.2, -0.15) is 0 Å². The standard InChI is InChI=1S/C22H25N3O4/c1-13(2)20(14-8-10-15(29-3)11-9-14)25-19(26)12-18-22(28)23-17-7-5-4-6-16(17)21(27)24-18/h4-11,13,18,20H,12H2,1-3H3,(H,23,28)(H,24,27)(H,25,26)/t18-,20?/m0/s1. The molecule has 0 spiro atoms. The Hall–Kier alpha value is -3.35. The molecule has 3 rings (SSSR count). The molecule has 2 aromatic carbocycles. The molecule has 0 aromatic heterocycles. The van der Waals surface area contributed by atoms with Crippen molar-refractivity contribution in [1.29, 1.82) is 0 Å². The van der Waals surface area contributed by atoms with E-state index in [1.54, 1.807) is 31.4 Å². The molecule has 152 valence electrons. The number of ether oxygens (including phenoxy) is 1. The summed E-state index contributed by atoms with van der Waals surface area (Å²) >= 11 is 0. The number of rotatable bonds is 6. The van der Waals surface area contributed by atoms with Crippen LogP contribution in [0.2, 0.25) is 0 Å². The molecule has 1 aliphatic heterocycles. The Labute approximate surface area is 169 Å². The molecule has 3 amide bonds. The minimum absolute atomic E-state index is 0.133. The number of hydrogen-bond acceptors (Lipinski definition) is 4. The summed E-state index contributed by atoms with van der Waals surface area (Å²) in [7, 11) is 1.60. The highest BCUT2D eigenvalue weighted by Gasteiger charge is 2.30. The Bertz CT molecular complexity index is 909. The maximum Gasteiger partial charge on any atom is 0.254 e. The van der Waals surface area contributed by atoms with Gasteiger partial charge in [0.15, 0.2) is 0 Å². The summed E-state index contributed by atoms with van der Waals surface area (Å²) in [5.41, 5.74) is 1.76. The lowest BCUT2D eigenvalue weighted by molar-refractivity contribution is -0.126. The minimum Gasteiger partial charge on any atom is -0.497 e. The Balaban J connectivity index is 1.70. The maximum atomic E-state index is 12.7. The van der Waals surface area contributed by atoms with Gasteiger partial charge in [-0.05, 0) is 35.7 Å². The molecule has 0 fully saturated rings. The number of amides is 3. The average Bonchev–Trinajstić information content (AvgIpc) is 2.82. The third-order valence-corrected chi connectivity index (χ3v) is 4.90. The van der Waals surface area contributed by atoms with E-state index in [0.29, 0.717) is 11.3 Å². The molecule has 7 heteroatoms. The van der Waals surface area contributed by atoms with Crippen LogP contribution >= 0.6 is 0 Å². The van der Waals surface area contributed by atoms with Gasteiger partial charge in [0.25, 0.3) is 5.91 Å². The number of carbonyl (C=O) groups excluding carboxylic acids is 3. The third kappa shape index (κ3) is 4.74. The molecule has 1 aliphatic rings. The average molecular weight is 395 g/mol. The molecule has 0 radical (unpaired) electrons. The van der Waals surface area contributed by atoms with E-state index in [1.807, 2.05) is 38.1 Å². The molecule has 3 N–H and O–H groups in total. The van der Waals surface area contributed by atoms with Crippen molar-refractivity contribution in [2.24, 2.45) is 5.92 Å². The van der Waals surface area contributed by atoms with Gasteiger partial charge in [0, 0.05) is 0 Å². The SMILES string of the molecule is COc1ccc(C(NC(=O)C[C@@H]2NC(=O)c3ccccc3NC2=O)C(C)C)cc1. The normalized spacial score (nSPS) is 16.9. The smallest absolute Gasteiger partial charge is 0.254 e. The van der Waals surface area contributed by atoms with E-state index >= 15 is 0 Å². The summed E-state index contributed by atoms with van der Waals surface area (Å²) in [5, 5.41) is 8.34. The number of anilines is 1. The maximum absolute atomic E-state index is 12.7. The Morgan fingerprint density at radius 3 is 2.45 bits per heavy atom. The highest BCUT2D eigenvalue weighted by atomic mass is 16.5. The number of para-hydroxylation sites is 1. The van der Waals surface area contributed by atoms with E-state index in [-0.39, 0.29) is 30.2 Å². The lowest BCUT2D eigenvalue weighted by atomic mass is 9.95. The van der Waals surface area contributed by atoms with Crippen LogP contribution in [-0.4, -0.2) is 30.9 Å². The summed E-state index contributed by atoms with van der Waals surface area (Å²) in [4.78, 5) is 37.6. The van der Waals surface area contributed by atoms with Crippen molar-refractivity contribution in [2.75, 3.05) is 12.4 Å². The van der Waals surface area contributed by atoms with Gasteiger partial charge in [0.1, 0.15) is 11.8 Å². The predicted molar refractivity (Wildman–Crippen MR) is 110 cm³/mol. The first kappa shape index (κ1) is 20.4. The fourth-order valence-electron chi connectivity index (χ4n) is 3.32. The van der Waals surface area contributed by atoms with E-state index in [1.165, 1.54) is 0 Å². The van der Waals surface area contributed by atoms with Gasteiger partial charge in [-0.1, -0.05) is 38.1 Å². The zero-order valence-corrected chi connectivity index (χ0v) is 16.7. The quantitative estimate of drug-likeness (QED) is 0.701. The van der Waals surface area contributed by atoms with Gasteiger partial charge in [0.2, 0.25) is 11.8 Å². The van der Waals surface area contributed by atoms with E-state index < -0.39 is 11.9 Å². The summed E-state index contributed by atoms with van der Waals surface area (Å²) in [6.07, 6.45) is -0.148. The highest BCUT2D eigenvalue weighted by Crippen LogP contribution is 2.24. The molecule has 1 unspecified atom stereocenters. The van der Waals surface area contributed by atoms with Crippen molar-refractivity contribution < 1.29 is 19.1 Å². The van der Waals surface area contributed by atoms with Crippen LogP contribution in [-0.2, 0) is 9.59 Å². The van der Waals surface area contributed by atoms with E-state index in [4.69, 9.17) is 4.74 Å². The molecule has 2 atom stereocenters. The van der Waals surface area contributed by atoms with Crippen LogP contribution in [0.1, 0.15) is 42.2 Å². The molecule has 7 nitrogen and oxygen atoms in total. The zero-order valence-electron chi connectivity index (χ0n) is 16.7. The number of fused-ring (bicyclic) bond motifs is 1. The van der Waals surface area contributed by atoms with Crippen LogP contribution in [0.5, 0.6) is 5.75 Å². The second-order valence-corrected chi connectivity index (χ2v) is 7.33. The van der Waals surface area contributed by atoms with Crippen LogP contribution in [0.25, 0.3) is 0 Å². The second kappa shape index (κ2) is 8.77. The van der Waals surface area contributed by atoms with Crippen LogP contribution in [0.3, 0.4) is 0 Å². The summed E-state index contributed by atoms with van der Waals surface area (Å²) in [6.45, 7) is 4.01. The molecule has 2 aromatic rings. The first-order chi connectivity index (χ1) is 13.9. The molecular formula is C22H25N3O4. The largest absolute Gasteiger partial charge is 0.497 e. The Morgan fingerprint density at radius 2 is 1.79 bits per heavy atom. The van der Waals surface area contributed by atoms with Gasteiger partial charge in [0.05, 0.1) is 30.8 Å². The van der Waals surface area contributed by atoms with Gasteiger partial charge in [-0.15, -0.1) is 0 Å². The van der Waals surface area contributed by atoms with Gasteiger partial charge in [-0.3, -0.25) is 14.4 Å². The monoisotopic (exact) mass is 395 g/mol. The fraction of sp³-hybridized carbons (Fsp3) is 0.318. The van der Waals surface area contributed by atoms with E-state index in [0.717, 1.165) is 11.3 Å². The van der Waals surface area contributed by atoms with Crippen molar-refractivity contribution in [3.63, 3.8) is 0 Å². The summed E-state index contributed by atoms with van der Waals surface area (Å²) in [6, 6.07) is 13.1. The second-order valence-electron chi connectivity index (χ2n) is 7.33. The number of nitrogens with one attached hydrogen (secondary N) is 3. The molecule has 0 bridgehead atoms. The van der Waals surface area contributed by atoms with Crippen LogP contribution < -0.4 is 20.7 Å². The first-order valence-corrected chi connectivity index (χ1v) is 9.53. The fourth-order valence-corrected chi connectivity index (χ4v) is 3.32. The van der Waals surface area contributed by atoms with Crippen molar-refractivity contribution in [2.45, 2.75) is 32.4 Å². The third-order valence-electron chi connectivity index (χ3n) is 4.90. The topological polar surface area (TPSA) is 96.5 Å². The molecule has 29 heavy (non-hydrogen) atoms. The van der Waals surface area contributed by atoms with E-state index in [9.17, 15) is 14.4 Å². The predicted octanol–water partition coefficient (Wildman–Crippen LogP) is 2.65. The number of benzene rings is 2. The van der Waals surface area contributed by atoms with Gasteiger partial charge >= 0.3 is 0 Å². The Kier molecular flexibility index (Phi) is 6.16. The summed E-state index contributed by atoms with van der Waals surface area (Å²) in [5.74, 6) is -0.239. The Morgan fingerprint density at radius 1 is 1.10 bits per heavy atom. The van der Waals surface area contributed by atoms with Crippen molar-refractivity contribution >= 4 is 23.4 Å². The molecular weight excluding hydrogens is 370 g/mol. The van der Waals surface area contributed by atoms with Crippen molar-refractivity contribution in [3.8, 4) is 5.75 Å². The van der Waals surface area contributed by atoms with Crippen LogP contribution in [0.4, 0.5) is 5.69 Å². The van der Waals surface area contributed by atoms with Crippen molar-refractivity contribution in [3.05, 3.63) is 59.7 Å². The molecule has 0 saturated heterocycles. The molecule has 1 heterocycles. The lowest BCUT2D eigenvalue weighted by Gasteiger charge is -2.24. The molecule has 0 aliphatic carbocycles. The number of hydrogen-bond donors (Lipinski definition) is 3. The van der Waals surface area contributed by atoms with Gasteiger partial charge < -0.3 is 20.7 Å². The van der Waals surface area contributed by atoms with Crippen LogP contribution in [0, 0.1) is 5.92 Å². The minimum atomic E-state index is -0.946. The van der Waals surface area contributed by atoms with Gasteiger partial charge in [-0.25, -0.2) is 0 Å². The zero-order chi connectivity index (χ0) is 21.0. The molecule has 0 saturated carbocycles. The van der Waals surface area contributed by atoms with Crippen molar-refractivity contribution in [1.82, 2.24) is 10.6 Å². The lowest BCUT2D eigenvalue weighted by Crippen LogP contribution is -2.45. The first-order valence-electron chi connectivity index (χ1n) is 9.53. The summed E-state index contributed by atoms with van der Waals surface area (Å²) < 4.78 is 5.18. The highest BCUT2D eigenvalue weighted by molar-refractivity contribution is 6.10.